The van der Waals surface area contributed by atoms with Gasteiger partial charge in [0.1, 0.15) is 23.1 Å². The molecule has 144 valence electrons. The third-order valence-electron chi connectivity index (χ3n) is 5.89. The summed E-state index contributed by atoms with van der Waals surface area (Å²) in [5.74, 6) is -1.39. The molecule has 1 aliphatic heterocycles. The molecule has 3 rings (SSSR count). The molecule has 5 atom stereocenters. The fraction of sp³-hybridized carbons (Fsp3) is 0.556. The molecule has 2 heterocycles. The molecule has 0 radical (unpaired) electrons. The number of fused-ring (bicyclic) bond motifs is 1. The second kappa shape index (κ2) is 5.82. The molecular weight excluding hydrogens is 362 g/mol. The SMILES string of the molecule is C[C@@]1(Oc2c[nH]c3cc(Cl)ccc23)O[C@H](CO)[C@](C)(O)[C@](C)(O)[C@]1(C)O. The van der Waals surface area contributed by atoms with Crippen molar-refractivity contribution in [3.8, 4) is 5.75 Å². The van der Waals surface area contributed by atoms with Crippen molar-refractivity contribution in [3.63, 3.8) is 0 Å². The summed E-state index contributed by atoms with van der Waals surface area (Å²) >= 11 is 5.99. The minimum absolute atomic E-state index is 0.369. The Hall–Kier alpha value is -1.35. The number of aromatic amines is 1. The molecule has 5 N–H and O–H groups in total. The van der Waals surface area contributed by atoms with Crippen LogP contribution in [0.3, 0.4) is 0 Å². The van der Waals surface area contributed by atoms with E-state index < -0.39 is 35.3 Å². The van der Waals surface area contributed by atoms with Gasteiger partial charge in [-0.05, 0) is 39.0 Å². The first-order chi connectivity index (χ1) is 11.9. The smallest absolute Gasteiger partial charge is 0.239 e. The molecule has 8 heteroatoms. The molecule has 1 fully saturated rings. The fourth-order valence-corrected chi connectivity index (χ4v) is 3.63. The summed E-state index contributed by atoms with van der Waals surface area (Å²) in [6.07, 6.45) is 0.406. The van der Waals surface area contributed by atoms with E-state index in [1.165, 1.54) is 27.7 Å². The first-order valence-corrected chi connectivity index (χ1v) is 8.66. The van der Waals surface area contributed by atoms with Crippen LogP contribution in [0.15, 0.2) is 24.4 Å². The van der Waals surface area contributed by atoms with Crippen LogP contribution in [-0.4, -0.2) is 60.7 Å². The van der Waals surface area contributed by atoms with E-state index in [1.54, 1.807) is 24.4 Å². The fourth-order valence-electron chi connectivity index (χ4n) is 3.45. The molecule has 2 aromatic rings. The highest BCUT2D eigenvalue weighted by Crippen LogP contribution is 2.50. The van der Waals surface area contributed by atoms with Crippen molar-refractivity contribution < 1.29 is 29.9 Å². The van der Waals surface area contributed by atoms with Crippen molar-refractivity contribution in [2.24, 2.45) is 0 Å². The van der Waals surface area contributed by atoms with Gasteiger partial charge < -0.3 is 34.9 Å². The normalized spacial score (nSPS) is 40.7. The van der Waals surface area contributed by atoms with Crippen LogP contribution in [0.1, 0.15) is 27.7 Å². The summed E-state index contributed by atoms with van der Waals surface area (Å²) in [5, 5.41) is 43.6. The van der Waals surface area contributed by atoms with Crippen molar-refractivity contribution >= 4 is 22.5 Å². The highest BCUT2D eigenvalue weighted by molar-refractivity contribution is 6.31. The Bertz CT molecular complexity index is 830. The maximum absolute atomic E-state index is 11.1. The average molecular weight is 386 g/mol. The molecule has 0 unspecified atom stereocenters. The molecule has 26 heavy (non-hydrogen) atoms. The lowest BCUT2D eigenvalue weighted by atomic mass is 9.65. The molecule has 1 aliphatic rings. The largest absolute Gasteiger partial charge is 0.457 e. The first-order valence-electron chi connectivity index (χ1n) is 8.29. The Balaban J connectivity index is 2.06. The number of aliphatic hydroxyl groups is 4. The third-order valence-corrected chi connectivity index (χ3v) is 6.12. The van der Waals surface area contributed by atoms with Crippen molar-refractivity contribution in [1.82, 2.24) is 4.98 Å². The van der Waals surface area contributed by atoms with Crippen molar-refractivity contribution in [2.75, 3.05) is 6.61 Å². The van der Waals surface area contributed by atoms with Crippen molar-refractivity contribution in [3.05, 3.63) is 29.4 Å². The number of nitrogens with one attached hydrogen (secondary N) is 1. The Morgan fingerprint density at radius 3 is 2.42 bits per heavy atom. The van der Waals surface area contributed by atoms with Gasteiger partial charge in [0.25, 0.3) is 0 Å². The first kappa shape index (κ1) is 19.4. The zero-order valence-electron chi connectivity index (χ0n) is 15.1. The van der Waals surface area contributed by atoms with Gasteiger partial charge in [-0.25, -0.2) is 0 Å². The lowest BCUT2D eigenvalue weighted by Crippen LogP contribution is -2.82. The number of benzene rings is 1. The van der Waals surface area contributed by atoms with E-state index in [0.717, 1.165) is 5.52 Å². The number of hydrogen-bond acceptors (Lipinski definition) is 6. The van der Waals surface area contributed by atoms with Crippen LogP contribution in [0.5, 0.6) is 5.75 Å². The second-order valence-corrected chi connectivity index (χ2v) is 7.91. The van der Waals surface area contributed by atoms with E-state index in [1.807, 2.05) is 0 Å². The summed E-state index contributed by atoms with van der Waals surface area (Å²) in [6.45, 7) is 4.79. The quantitative estimate of drug-likeness (QED) is 0.547. The van der Waals surface area contributed by atoms with Gasteiger partial charge in [0.2, 0.25) is 5.79 Å². The van der Waals surface area contributed by atoms with Gasteiger partial charge in [0, 0.05) is 23.5 Å². The highest BCUT2D eigenvalue weighted by atomic mass is 35.5. The topological polar surface area (TPSA) is 115 Å². The van der Waals surface area contributed by atoms with Crippen LogP contribution in [0.4, 0.5) is 0 Å². The van der Waals surface area contributed by atoms with Crippen LogP contribution < -0.4 is 4.74 Å². The van der Waals surface area contributed by atoms with Gasteiger partial charge in [0.15, 0.2) is 5.60 Å². The van der Waals surface area contributed by atoms with Crippen molar-refractivity contribution in [1.29, 1.82) is 0 Å². The van der Waals surface area contributed by atoms with Gasteiger partial charge in [-0.2, -0.15) is 0 Å². The second-order valence-electron chi connectivity index (χ2n) is 7.47. The van der Waals surface area contributed by atoms with Gasteiger partial charge in [0.05, 0.1) is 12.1 Å². The zero-order valence-corrected chi connectivity index (χ0v) is 15.8. The summed E-state index contributed by atoms with van der Waals surface area (Å²) in [4.78, 5) is 3.02. The summed E-state index contributed by atoms with van der Waals surface area (Å²) in [7, 11) is 0. The number of halogens is 1. The molecule has 0 spiro atoms. The lowest BCUT2D eigenvalue weighted by molar-refractivity contribution is -0.415. The van der Waals surface area contributed by atoms with Gasteiger partial charge in [-0.1, -0.05) is 11.6 Å². The van der Waals surface area contributed by atoms with Crippen LogP contribution in [0.2, 0.25) is 5.02 Å². The Kier molecular flexibility index (Phi) is 4.35. The van der Waals surface area contributed by atoms with E-state index >= 15 is 0 Å². The molecular formula is C18H24ClNO6. The maximum atomic E-state index is 11.1. The lowest BCUT2D eigenvalue weighted by Gasteiger charge is -2.61. The predicted molar refractivity (Wildman–Crippen MR) is 96.2 cm³/mol. The van der Waals surface area contributed by atoms with Crippen LogP contribution in [0.25, 0.3) is 10.9 Å². The number of rotatable bonds is 3. The Morgan fingerprint density at radius 2 is 1.81 bits per heavy atom. The Labute approximate surface area is 156 Å². The molecule has 0 amide bonds. The average Bonchev–Trinajstić information content (AvgIpc) is 2.92. The number of H-pyrrole nitrogens is 1. The molecule has 1 saturated heterocycles. The Morgan fingerprint density at radius 1 is 1.15 bits per heavy atom. The van der Waals surface area contributed by atoms with E-state index in [-0.39, 0.29) is 0 Å². The van der Waals surface area contributed by atoms with Gasteiger partial charge in [-0.15, -0.1) is 0 Å². The number of aromatic nitrogens is 1. The molecule has 0 bridgehead atoms. The maximum Gasteiger partial charge on any atom is 0.239 e. The number of hydrogen-bond donors (Lipinski definition) is 5. The standard InChI is InChI=1S/C18H24ClNO6/c1-15(22)14(9-21)26-18(4,17(3,24)16(15,2)23)25-13-8-20-12-7-10(19)5-6-11(12)13/h5-8,14,20-24H,9H2,1-4H3/t14-,15+,16+,17+,18-/m1/s1. The summed E-state index contributed by atoms with van der Waals surface area (Å²) < 4.78 is 11.7. The number of ether oxygens (including phenoxy) is 2. The van der Waals surface area contributed by atoms with E-state index in [9.17, 15) is 20.4 Å². The minimum Gasteiger partial charge on any atom is -0.457 e. The van der Waals surface area contributed by atoms with Crippen LogP contribution >= 0.6 is 11.6 Å². The predicted octanol–water partition coefficient (Wildman–Crippen LogP) is 1.56. The summed E-state index contributed by atoms with van der Waals surface area (Å²) in [6, 6.07) is 5.18. The monoisotopic (exact) mass is 385 g/mol. The molecule has 1 aromatic carbocycles. The van der Waals surface area contributed by atoms with E-state index in [4.69, 9.17) is 21.1 Å². The van der Waals surface area contributed by atoms with Gasteiger partial charge >= 0.3 is 0 Å². The molecule has 0 aliphatic carbocycles. The van der Waals surface area contributed by atoms with Crippen molar-refractivity contribution in [2.45, 2.75) is 56.4 Å². The number of aliphatic hydroxyl groups excluding tert-OH is 1. The molecule has 7 nitrogen and oxygen atoms in total. The van der Waals surface area contributed by atoms with Crippen LogP contribution in [-0.2, 0) is 4.74 Å². The highest BCUT2D eigenvalue weighted by Gasteiger charge is 2.71. The van der Waals surface area contributed by atoms with Gasteiger partial charge in [-0.3, -0.25) is 0 Å². The van der Waals surface area contributed by atoms with E-state index in [2.05, 4.69) is 4.98 Å². The zero-order chi connectivity index (χ0) is 19.5. The van der Waals surface area contributed by atoms with Crippen LogP contribution in [0, 0.1) is 0 Å². The third kappa shape index (κ3) is 2.46. The molecule has 1 aromatic heterocycles. The summed E-state index contributed by atoms with van der Waals surface area (Å²) in [5.41, 5.74) is -5.26. The minimum atomic E-state index is -2.05. The molecule has 0 saturated carbocycles. The van der Waals surface area contributed by atoms with E-state index in [0.29, 0.717) is 16.2 Å².